The van der Waals surface area contributed by atoms with Gasteiger partial charge in [0.05, 0.1) is 25.0 Å². The van der Waals surface area contributed by atoms with Gasteiger partial charge in [0.2, 0.25) is 0 Å². The largest absolute Gasteiger partial charge is 0.332 e. The minimum absolute atomic E-state index is 0.455. The molecular formula is C13H22NO+. The van der Waals surface area contributed by atoms with Gasteiger partial charge in [-0.3, -0.25) is 4.79 Å². The maximum atomic E-state index is 12.0. The molecule has 1 N–H and O–H groups in total. The minimum Gasteiger partial charge on any atom is -0.332 e. The van der Waals surface area contributed by atoms with Gasteiger partial charge in [-0.2, -0.15) is 0 Å². The van der Waals surface area contributed by atoms with Crippen LogP contribution >= 0.6 is 0 Å². The predicted molar refractivity (Wildman–Crippen MR) is 58.8 cm³/mol. The summed E-state index contributed by atoms with van der Waals surface area (Å²) >= 11 is 0. The Bertz CT molecular complexity index is 257. The average Bonchev–Trinajstić information content (AvgIpc) is 2.54. The first-order valence-electron chi connectivity index (χ1n) is 6.74. The van der Waals surface area contributed by atoms with Crippen LogP contribution in [-0.2, 0) is 4.79 Å². The number of piperidine rings is 1. The first-order valence-corrected chi connectivity index (χ1v) is 6.74. The number of hydrogen-bond acceptors (Lipinski definition) is 1. The van der Waals surface area contributed by atoms with Gasteiger partial charge in [0.15, 0.2) is 0 Å². The Morgan fingerprint density at radius 3 is 2.47 bits per heavy atom. The molecule has 2 aliphatic carbocycles. The van der Waals surface area contributed by atoms with E-state index in [0.717, 1.165) is 0 Å². The quantitative estimate of drug-likeness (QED) is 0.677. The predicted octanol–water partition coefficient (Wildman–Crippen LogP) is 0.813. The molecule has 0 spiro atoms. The second-order valence-corrected chi connectivity index (χ2v) is 5.69. The third-order valence-electron chi connectivity index (χ3n) is 4.93. The highest BCUT2D eigenvalue weighted by Crippen LogP contribution is 2.38. The van der Waals surface area contributed by atoms with Crippen LogP contribution in [0.1, 0.15) is 44.9 Å². The number of carbonyl (C=O) groups is 1. The van der Waals surface area contributed by atoms with Gasteiger partial charge in [-0.15, -0.1) is 0 Å². The van der Waals surface area contributed by atoms with E-state index in [1.165, 1.54) is 58.0 Å². The molecule has 84 valence electrons. The second-order valence-electron chi connectivity index (χ2n) is 5.69. The summed E-state index contributed by atoms with van der Waals surface area (Å²) in [6.45, 7) is 2.66. The van der Waals surface area contributed by atoms with Crippen molar-refractivity contribution < 1.29 is 9.69 Å². The molecule has 0 radical (unpaired) electrons. The van der Waals surface area contributed by atoms with Gasteiger partial charge in [0.25, 0.3) is 0 Å². The van der Waals surface area contributed by atoms with Crippen molar-refractivity contribution in [3.05, 3.63) is 0 Å². The molecule has 2 bridgehead atoms. The van der Waals surface area contributed by atoms with Crippen molar-refractivity contribution in [2.45, 2.75) is 51.0 Å². The Labute approximate surface area is 92.0 Å². The number of ketones is 1. The van der Waals surface area contributed by atoms with Crippen molar-refractivity contribution in [3.63, 3.8) is 0 Å². The first kappa shape index (κ1) is 9.83. The van der Waals surface area contributed by atoms with Gasteiger partial charge in [-0.05, 0) is 38.5 Å². The lowest BCUT2D eigenvalue weighted by Crippen LogP contribution is -3.17. The molecule has 3 atom stereocenters. The molecule has 0 amide bonds. The molecule has 3 fully saturated rings. The summed E-state index contributed by atoms with van der Waals surface area (Å²) in [5.74, 6) is 1.55. The van der Waals surface area contributed by atoms with Gasteiger partial charge in [-0.25, -0.2) is 0 Å². The van der Waals surface area contributed by atoms with Crippen LogP contribution in [0.25, 0.3) is 0 Å². The second kappa shape index (κ2) is 3.89. The minimum atomic E-state index is 0.455. The van der Waals surface area contributed by atoms with Crippen LogP contribution in [0.15, 0.2) is 0 Å². The number of quaternary nitrogens is 1. The Morgan fingerprint density at radius 2 is 1.67 bits per heavy atom. The molecular weight excluding hydrogens is 186 g/mol. The van der Waals surface area contributed by atoms with E-state index >= 15 is 0 Å². The summed E-state index contributed by atoms with van der Waals surface area (Å²) < 4.78 is 0. The van der Waals surface area contributed by atoms with Crippen molar-refractivity contribution in [3.8, 4) is 0 Å². The summed E-state index contributed by atoms with van der Waals surface area (Å²) in [6.07, 6.45) is 9.12. The van der Waals surface area contributed by atoms with E-state index in [1.54, 1.807) is 4.90 Å². The van der Waals surface area contributed by atoms with E-state index in [1.807, 2.05) is 0 Å². The highest BCUT2D eigenvalue weighted by molar-refractivity contribution is 5.86. The van der Waals surface area contributed by atoms with Crippen molar-refractivity contribution in [1.82, 2.24) is 0 Å². The topological polar surface area (TPSA) is 21.5 Å². The maximum absolute atomic E-state index is 12.0. The van der Waals surface area contributed by atoms with Crippen LogP contribution in [0, 0.1) is 11.8 Å². The molecule has 1 aliphatic heterocycles. The summed E-state index contributed by atoms with van der Waals surface area (Å²) in [5.41, 5.74) is 0. The number of fused-ring (bicyclic) bond motifs is 2. The summed E-state index contributed by atoms with van der Waals surface area (Å²) in [6, 6.07) is 0.705. The normalized spacial score (nSPS) is 42.1. The monoisotopic (exact) mass is 208 g/mol. The number of nitrogens with one attached hydrogen (secondary N) is 1. The van der Waals surface area contributed by atoms with Gasteiger partial charge in [0.1, 0.15) is 5.78 Å². The molecule has 3 rings (SSSR count). The summed E-state index contributed by atoms with van der Waals surface area (Å²) in [5, 5.41) is 0. The molecule has 0 aromatic carbocycles. The van der Waals surface area contributed by atoms with Crippen LogP contribution < -0.4 is 4.90 Å². The molecule has 0 unspecified atom stereocenters. The number of hydrogen-bond donors (Lipinski definition) is 1. The highest BCUT2D eigenvalue weighted by atomic mass is 16.1. The van der Waals surface area contributed by atoms with E-state index in [0.29, 0.717) is 23.7 Å². The molecule has 2 nitrogen and oxygen atoms in total. The number of rotatable bonds is 1. The molecule has 1 saturated heterocycles. The Hall–Kier alpha value is -0.370. The lowest BCUT2D eigenvalue weighted by molar-refractivity contribution is -0.933. The number of carbonyl (C=O) groups excluding carboxylic acids is 1. The van der Waals surface area contributed by atoms with Gasteiger partial charge in [-0.1, -0.05) is 0 Å². The number of likely N-dealkylation sites (tertiary alicyclic amines) is 1. The zero-order chi connectivity index (χ0) is 10.3. The lowest BCUT2D eigenvalue weighted by atomic mass is 9.82. The Morgan fingerprint density at radius 1 is 0.933 bits per heavy atom. The van der Waals surface area contributed by atoms with Crippen molar-refractivity contribution in [1.29, 1.82) is 0 Å². The smallest absolute Gasteiger partial charge is 0.144 e. The molecule has 0 aromatic rings. The van der Waals surface area contributed by atoms with Crippen molar-refractivity contribution in [2.24, 2.45) is 11.8 Å². The Balaban J connectivity index is 1.72. The molecule has 3 aliphatic rings. The zero-order valence-electron chi connectivity index (χ0n) is 9.50. The molecule has 1 heterocycles. The van der Waals surface area contributed by atoms with Crippen molar-refractivity contribution in [2.75, 3.05) is 13.1 Å². The Kier molecular flexibility index (Phi) is 2.55. The standard InChI is InChI=1S/C13H21NO/c15-13-10-4-6-11(13)12(7-5-10)14-8-2-1-3-9-14/h10-12H,1-9H2/p+1/t10-,11-,12-/m0/s1. The van der Waals surface area contributed by atoms with Crippen molar-refractivity contribution >= 4 is 5.78 Å². The highest BCUT2D eigenvalue weighted by Gasteiger charge is 2.47. The fourth-order valence-electron chi connectivity index (χ4n) is 4.10. The third-order valence-corrected chi connectivity index (χ3v) is 4.93. The van der Waals surface area contributed by atoms with E-state index in [9.17, 15) is 4.79 Å². The van der Waals surface area contributed by atoms with Gasteiger partial charge in [0, 0.05) is 12.3 Å². The van der Waals surface area contributed by atoms with E-state index in [-0.39, 0.29) is 0 Å². The average molecular weight is 208 g/mol. The van der Waals surface area contributed by atoms with E-state index < -0.39 is 0 Å². The third kappa shape index (κ3) is 1.63. The van der Waals surface area contributed by atoms with Crippen LogP contribution in [-0.4, -0.2) is 24.9 Å². The molecule has 15 heavy (non-hydrogen) atoms. The summed E-state index contributed by atoms with van der Waals surface area (Å²) in [7, 11) is 0. The fourth-order valence-corrected chi connectivity index (χ4v) is 4.10. The SMILES string of the molecule is O=C1[C@H]2CC[C@H]1[C@@H]([NH+]1CCCCC1)CC2. The van der Waals surface area contributed by atoms with Crippen LogP contribution in [0.4, 0.5) is 0 Å². The molecule has 2 saturated carbocycles. The van der Waals surface area contributed by atoms with Gasteiger partial charge >= 0.3 is 0 Å². The van der Waals surface area contributed by atoms with Crippen LogP contribution in [0.2, 0.25) is 0 Å². The first-order chi connectivity index (χ1) is 7.36. The lowest BCUT2D eigenvalue weighted by Gasteiger charge is -2.36. The molecule has 2 heteroatoms. The maximum Gasteiger partial charge on any atom is 0.144 e. The summed E-state index contributed by atoms with van der Waals surface area (Å²) in [4.78, 5) is 13.8. The van der Waals surface area contributed by atoms with E-state index in [2.05, 4.69) is 0 Å². The molecule has 0 aromatic heterocycles. The van der Waals surface area contributed by atoms with Crippen LogP contribution in [0.5, 0.6) is 0 Å². The van der Waals surface area contributed by atoms with E-state index in [4.69, 9.17) is 0 Å². The number of Topliss-reactive ketones (excluding diaryl/α,β-unsaturated/α-hetero) is 1. The van der Waals surface area contributed by atoms with Crippen LogP contribution in [0.3, 0.4) is 0 Å². The zero-order valence-corrected chi connectivity index (χ0v) is 9.50. The fraction of sp³-hybridized carbons (Fsp3) is 0.923. The van der Waals surface area contributed by atoms with Gasteiger partial charge < -0.3 is 4.90 Å².